The van der Waals surface area contributed by atoms with Crippen molar-refractivity contribution in [3.63, 3.8) is 0 Å². The molecule has 0 radical (unpaired) electrons. The van der Waals surface area contributed by atoms with Crippen LogP contribution in [0.2, 0.25) is 0 Å². The van der Waals surface area contributed by atoms with E-state index >= 15 is 0 Å². The van der Waals surface area contributed by atoms with E-state index in [1.165, 1.54) is 6.07 Å². The highest BCUT2D eigenvalue weighted by atomic mass is 79.9. The van der Waals surface area contributed by atoms with Gasteiger partial charge in [-0.3, -0.25) is 9.59 Å². The van der Waals surface area contributed by atoms with Crippen molar-refractivity contribution in [2.24, 2.45) is 5.73 Å². The van der Waals surface area contributed by atoms with E-state index in [-0.39, 0.29) is 12.0 Å². The molecular weight excluding hydrogens is 402 g/mol. The van der Waals surface area contributed by atoms with E-state index in [4.69, 9.17) is 10.8 Å². The highest BCUT2D eigenvalue weighted by molar-refractivity contribution is 9.10. The fraction of sp³-hybridized carbons (Fsp3) is 0.278. The van der Waals surface area contributed by atoms with Gasteiger partial charge in [-0.2, -0.15) is 0 Å². The molecule has 0 aliphatic carbocycles. The van der Waals surface area contributed by atoms with Crippen LogP contribution in [-0.4, -0.2) is 34.6 Å². The molecule has 138 valence electrons. The van der Waals surface area contributed by atoms with Crippen molar-refractivity contribution < 1.29 is 14.7 Å². The number of nitrogens with one attached hydrogen (secondary N) is 2. The minimum absolute atomic E-state index is 0.123. The molecule has 5 N–H and O–H groups in total. The number of carboxylic acid groups (broad SMARTS) is 1. The van der Waals surface area contributed by atoms with Gasteiger partial charge in [-0.05, 0) is 49.2 Å². The summed E-state index contributed by atoms with van der Waals surface area (Å²) in [7, 11) is 0. The van der Waals surface area contributed by atoms with Gasteiger partial charge in [-0.1, -0.05) is 28.1 Å². The molecule has 1 aromatic carbocycles. The van der Waals surface area contributed by atoms with Crippen LogP contribution in [0, 0.1) is 0 Å². The summed E-state index contributed by atoms with van der Waals surface area (Å²) in [6.45, 7) is 0.324. The van der Waals surface area contributed by atoms with Gasteiger partial charge >= 0.3 is 5.97 Å². The number of hydrogen-bond donors (Lipinski definition) is 4. The maximum Gasteiger partial charge on any atom is 0.326 e. The van der Waals surface area contributed by atoms with Crippen LogP contribution in [0.15, 0.2) is 45.7 Å². The monoisotopic (exact) mass is 421 g/mol. The maximum absolute atomic E-state index is 12.2. The lowest BCUT2D eigenvalue weighted by Crippen LogP contribution is -2.42. The Labute approximate surface area is 158 Å². The Hall–Kier alpha value is -2.45. The molecule has 26 heavy (non-hydrogen) atoms. The van der Waals surface area contributed by atoms with Gasteiger partial charge in [0.2, 0.25) is 0 Å². The van der Waals surface area contributed by atoms with Gasteiger partial charge in [0, 0.05) is 16.6 Å². The number of carbonyl (C=O) groups excluding carboxylic acids is 1. The number of hydrogen-bond acceptors (Lipinski definition) is 4. The zero-order valence-corrected chi connectivity index (χ0v) is 15.6. The summed E-state index contributed by atoms with van der Waals surface area (Å²) in [4.78, 5) is 38.3. The zero-order valence-electron chi connectivity index (χ0n) is 14.0. The normalized spacial score (nSPS) is 11.8. The second-order valence-electron chi connectivity index (χ2n) is 5.83. The summed E-state index contributed by atoms with van der Waals surface area (Å²) < 4.78 is 0.936. The van der Waals surface area contributed by atoms with Crippen LogP contribution < -0.4 is 16.6 Å². The summed E-state index contributed by atoms with van der Waals surface area (Å²) in [5.74, 6) is -1.88. The van der Waals surface area contributed by atoms with Crippen LogP contribution in [0.1, 0.15) is 34.5 Å². The number of pyridine rings is 1. The third-order valence-corrected chi connectivity index (χ3v) is 4.29. The molecule has 1 atom stereocenters. The van der Waals surface area contributed by atoms with E-state index in [0.717, 1.165) is 10.0 Å². The molecule has 2 rings (SSSR count). The number of aliphatic carboxylic acids is 1. The molecular formula is C18H20BrN3O4. The largest absolute Gasteiger partial charge is 0.480 e. The molecule has 1 amide bonds. The molecule has 2 aromatic rings. The summed E-state index contributed by atoms with van der Waals surface area (Å²) in [5, 5.41) is 11.5. The van der Waals surface area contributed by atoms with Gasteiger partial charge in [-0.15, -0.1) is 0 Å². The predicted molar refractivity (Wildman–Crippen MR) is 101 cm³/mol. The number of amides is 1. The predicted octanol–water partition coefficient (Wildman–Crippen LogP) is 1.65. The molecule has 0 aliphatic rings. The third kappa shape index (κ3) is 5.53. The highest BCUT2D eigenvalue weighted by Crippen LogP contribution is 2.14. The highest BCUT2D eigenvalue weighted by Gasteiger charge is 2.21. The Bertz CT molecular complexity index is 850. The molecule has 0 saturated heterocycles. The molecule has 0 spiro atoms. The van der Waals surface area contributed by atoms with E-state index in [9.17, 15) is 14.4 Å². The SMILES string of the molecule is NCCC[C@H](NC(=O)c1ccc(Cc2cccc(Br)c2)[nH]c1=O)C(=O)O. The lowest BCUT2D eigenvalue weighted by atomic mass is 10.1. The van der Waals surface area contributed by atoms with Crippen LogP contribution in [-0.2, 0) is 11.2 Å². The molecule has 0 fully saturated rings. The Balaban J connectivity index is 2.11. The number of carboxylic acids is 1. The van der Waals surface area contributed by atoms with E-state index < -0.39 is 23.5 Å². The first-order chi connectivity index (χ1) is 12.4. The van der Waals surface area contributed by atoms with Crippen molar-refractivity contribution in [2.45, 2.75) is 25.3 Å². The van der Waals surface area contributed by atoms with Crippen LogP contribution >= 0.6 is 15.9 Å². The number of carbonyl (C=O) groups is 2. The molecule has 0 saturated carbocycles. The molecule has 0 aliphatic heterocycles. The van der Waals surface area contributed by atoms with Gasteiger partial charge in [-0.25, -0.2) is 4.79 Å². The van der Waals surface area contributed by atoms with Gasteiger partial charge in [0.15, 0.2) is 0 Å². The lowest BCUT2D eigenvalue weighted by Gasteiger charge is -2.14. The number of H-pyrrole nitrogens is 1. The fourth-order valence-electron chi connectivity index (χ4n) is 2.48. The number of halogens is 1. The molecule has 7 nitrogen and oxygen atoms in total. The standard InChI is InChI=1S/C18H20BrN3O4/c19-12-4-1-3-11(9-12)10-13-6-7-14(16(23)21-13)17(24)22-15(18(25)26)5-2-8-20/h1,3-4,6-7,9,15H,2,5,8,10,20H2,(H,21,23)(H,22,24)(H,25,26)/t15-/m0/s1. The first-order valence-electron chi connectivity index (χ1n) is 8.11. The second kappa shape index (κ2) is 9.30. The molecule has 8 heteroatoms. The van der Waals surface area contributed by atoms with Crippen molar-refractivity contribution in [1.82, 2.24) is 10.3 Å². The van der Waals surface area contributed by atoms with E-state index in [2.05, 4.69) is 26.2 Å². The van der Waals surface area contributed by atoms with Crippen LogP contribution in [0.25, 0.3) is 0 Å². The second-order valence-corrected chi connectivity index (χ2v) is 6.74. The molecule has 1 heterocycles. The molecule has 1 aromatic heterocycles. The van der Waals surface area contributed by atoms with Crippen molar-refractivity contribution in [3.8, 4) is 0 Å². The minimum atomic E-state index is -1.16. The molecule has 0 unspecified atom stereocenters. The number of nitrogens with two attached hydrogens (primary N) is 1. The Morgan fingerprint density at radius 3 is 2.65 bits per heavy atom. The summed E-state index contributed by atoms with van der Waals surface area (Å²) in [5.41, 5.74) is 6.34. The van der Waals surface area contributed by atoms with E-state index in [1.54, 1.807) is 6.07 Å². The Morgan fingerprint density at radius 2 is 2.04 bits per heavy atom. The van der Waals surface area contributed by atoms with Crippen LogP contribution in [0.3, 0.4) is 0 Å². The lowest BCUT2D eigenvalue weighted by molar-refractivity contribution is -0.139. The molecule has 0 bridgehead atoms. The van der Waals surface area contributed by atoms with Gasteiger partial charge in [0.1, 0.15) is 11.6 Å². The van der Waals surface area contributed by atoms with Crippen molar-refractivity contribution >= 4 is 27.8 Å². The van der Waals surface area contributed by atoms with Crippen molar-refractivity contribution in [2.75, 3.05) is 6.54 Å². The summed E-state index contributed by atoms with van der Waals surface area (Å²) in [6.07, 6.45) is 1.17. The van der Waals surface area contributed by atoms with E-state index in [0.29, 0.717) is 25.1 Å². The fourth-order valence-corrected chi connectivity index (χ4v) is 2.93. The van der Waals surface area contributed by atoms with Crippen LogP contribution in [0.5, 0.6) is 0 Å². The number of benzene rings is 1. The zero-order chi connectivity index (χ0) is 19.1. The first-order valence-corrected chi connectivity index (χ1v) is 8.90. The Morgan fingerprint density at radius 1 is 1.27 bits per heavy atom. The third-order valence-electron chi connectivity index (χ3n) is 3.80. The number of aromatic amines is 1. The average Bonchev–Trinajstić information content (AvgIpc) is 2.58. The average molecular weight is 422 g/mol. The van der Waals surface area contributed by atoms with Gasteiger partial charge in [0.25, 0.3) is 11.5 Å². The maximum atomic E-state index is 12.2. The summed E-state index contributed by atoms with van der Waals surface area (Å²) >= 11 is 3.39. The quantitative estimate of drug-likeness (QED) is 0.515. The van der Waals surface area contributed by atoms with Crippen molar-refractivity contribution in [1.29, 1.82) is 0 Å². The van der Waals surface area contributed by atoms with Crippen molar-refractivity contribution in [3.05, 3.63) is 68.0 Å². The Kier molecular flexibility index (Phi) is 7.11. The number of aromatic nitrogens is 1. The smallest absolute Gasteiger partial charge is 0.326 e. The number of rotatable bonds is 8. The first kappa shape index (κ1) is 19.9. The van der Waals surface area contributed by atoms with E-state index in [1.807, 2.05) is 24.3 Å². The van der Waals surface area contributed by atoms with Gasteiger partial charge < -0.3 is 21.1 Å². The topological polar surface area (TPSA) is 125 Å². The van der Waals surface area contributed by atoms with Crippen LogP contribution in [0.4, 0.5) is 0 Å². The summed E-state index contributed by atoms with van der Waals surface area (Å²) in [6, 6.07) is 9.64. The van der Waals surface area contributed by atoms with Gasteiger partial charge in [0.05, 0.1) is 0 Å². The minimum Gasteiger partial charge on any atom is -0.480 e.